The lowest BCUT2D eigenvalue weighted by Gasteiger charge is -2.32. The van der Waals surface area contributed by atoms with Crippen molar-refractivity contribution in [3.63, 3.8) is 0 Å². The number of nitrogens with zero attached hydrogens (tertiary/aromatic N) is 1. The van der Waals surface area contributed by atoms with Crippen LogP contribution in [0, 0.1) is 6.92 Å². The molecule has 0 aromatic carbocycles. The number of aromatic nitrogens is 1. The maximum Gasteiger partial charge on any atom is 0.468 e. The number of methoxy groups -OCH3 is 1. The maximum absolute atomic E-state index is 11.8. The Bertz CT molecular complexity index is 543. The van der Waals surface area contributed by atoms with E-state index in [0.29, 0.717) is 0 Å². The molecule has 120 valence electrons. The Morgan fingerprint density at radius 2 is 1.86 bits per heavy atom. The minimum Gasteiger partial charge on any atom is -0.469 e. The molecule has 1 atom stereocenters. The van der Waals surface area contributed by atoms with Crippen molar-refractivity contribution in [2.45, 2.75) is 58.1 Å². The lowest BCUT2D eigenvalue weighted by molar-refractivity contribution is -0.140. The fourth-order valence-corrected chi connectivity index (χ4v) is 2.43. The molecule has 0 radical (unpaired) electrons. The summed E-state index contributed by atoms with van der Waals surface area (Å²) in [7, 11) is 0.853. The van der Waals surface area contributed by atoms with E-state index >= 15 is 0 Å². The summed E-state index contributed by atoms with van der Waals surface area (Å²) in [5.74, 6) is -0.601. The third-order valence-electron chi connectivity index (χ3n) is 4.50. The van der Waals surface area contributed by atoms with Crippen LogP contribution in [0.4, 0.5) is 0 Å². The minimum atomic E-state index is -0.529. The van der Waals surface area contributed by atoms with Crippen molar-refractivity contribution in [1.82, 2.24) is 4.98 Å². The molecule has 0 bridgehead atoms. The van der Waals surface area contributed by atoms with Gasteiger partial charge in [-0.2, -0.15) is 0 Å². The first-order chi connectivity index (χ1) is 10.2. The van der Waals surface area contributed by atoms with Crippen molar-refractivity contribution in [1.29, 1.82) is 0 Å². The van der Waals surface area contributed by atoms with E-state index in [4.69, 9.17) is 14.0 Å². The Kier molecular flexibility index (Phi) is 4.63. The highest BCUT2D eigenvalue weighted by Crippen LogP contribution is 2.41. The molecule has 0 N–H and O–H groups in total. The van der Waals surface area contributed by atoms with Gasteiger partial charge in [0.15, 0.2) is 0 Å². The van der Waals surface area contributed by atoms with E-state index in [2.05, 4.69) is 4.98 Å². The Morgan fingerprint density at radius 3 is 2.36 bits per heavy atom. The zero-order valence-corrected chi connectivity index (χ0v) is 14.2. The average Bonchev–Trinajstić information content (AvgIpc) is 2.64. The van der Waals surface area contributed by atoms with Gasteiger partial charge in [-0.1, -0.05) is 6.07 Å². The summed E-state index contributed by atoms with van der Waals surface area (Å²) in [6, 6.07) is 5.74. The van der Waals surface area contributed by atoms with Gasteiger partial charge in [0, 0.05) is 17.2 Å². The fraction of sp³-hybridized carbons (Fsp3) is 0.625. The molecule has 1 aliphatic heterocycles. The molecule has 0 amide bonds. The second-order valence-corrected chi connectivity index (χ2v) is 6.72. The summed E-state index contributed by atoms with van der Waals surface area (Å²) in [4.78, 5) is 16.3. The quantitative estimate of drug-likeness (QED) is 0.632. The van der Waals surface area contributed by atoms with Gasteiger partial charge in [-0.25, -0.2) is 0 Å². The number of aryl methyl sites for hydroxylation is 1. The summed E-state index contributed by atoms with van der Waals surface area (Å²) in [5.41, 5.74) is 0.777. The number of hydrogen-bond acceptors (Lipinski definition) is 5. The number of hydrogen-bond donors (Lipinski definition) is 0. The first-order valence-corrected chi connectivity index (χ1v) is 7.52. The number of pyridine rings is 1. The van der Waals surface area contributed by atoms with E-state index in [1.807, 2.05) is 52.8 Å². The van der Waals surface area contributed by atoms with Crippen LogP contribution in [0.2, 0.25) is 0 Å². The standard InChI is InChI=1S/C16H24BNO4/c1-11-8-7-9-13(18-11)12(10-14(19)20-6)17-21-15(2,3)16(4,5)22-17/h7-9,12H,10H2,1-6H3. The Morgan fingerprint density at radius 1 is 1.27 bits per heavy atom. The van der Waals surface area contributed by atoms with Crippen LogP contribution in [0.3, 0.4) is 0 Å². The first kappa shape index (κ1) is 17.0. The predicted octanol–water partition coefficient (Wildman–Crippen LogP) is 2.67. The van der Waals surface area contributed by atoms with E-state index in [1.54, 1.807) is 0 Å². The summed E-state index contributed by atoms with van der Waals surface area (Å²) < 4.78 is 17.0. The largest absolute Gasteiger partial charge is 0.469 e. The molecule has 2 heterocycles. The van der Waals surface area contributed by atoms with Gasteiger partial charge in [-0.3, -0.25) is 9.78 Å². The molecule has 1 aromatic heterocycles. The highest BCUT2D eigenvalue weighted by molar-refractivity contribution is 6.48. The summed E-state index contributed by atoms with van der Waals surface area (Å²) in [6.07, 6.45) is 0.170. The van der Waals surface area contributed by atoms with Gasteiger partial charge < -0.3 is 14.0 Å². The van der Waals surface area contributed by atoms with Crippen molar-refractivity contribution < 1.29 is 18.8 Å². The van der Waals surface area contributed by atoms with Crippen molar-refractivity contribution >= 4 is 13.1 Å². The number of rotatable bonds is 4. The number of esters is 1. The van der Waals surface area contributed by atoms with Crippen molar-refractivity contribution in [2.75, 3.05) is 7.11 Å². The molecular weight excluding hydrogens is 281 g/mol. The van der Waals surface area contributed by atoms with Crippen molar-refractivity contribution in [3.8, 4) is 0 Å². The highest BCUT2D eigenvalue weighted by atomic mass is 16.7. The Hall–Kier alpha value is -1.40. The van der Waals surface area contributed by atoms with Crippen LogP contribution in [0.15, 0.2) is 18.2 Å². The third kappa shape index (κ3) is 3.33. The first-order valence-electron chi connectivity index (χ1n) is 7.52. The normalized spacial score (nSPS) is 20.7. The number of carbonyl (C=O) groups excluding carboxylic acids is 1. The predicted molar refractivity (Wildman–Crippen MR) is 84.4 cm³/mol. The van der Waals surface area contributed by atoms with Gasteiger partial charge >= 0.3 is 13.1 Å². The summed E-state index contributed by atoms with van der Waals surface area (Å²) in [5, 5.41) is 0. The molecule has 0 aliphatic carbocycles. The van der Waals surface area contributed by atoms with E-state index in [-0.39, 0.29) is 18.2 Å². The molecule has 1 aliphatic rings. The van der Waals surface area contributed by atoms with Gasteiger partial charge in [-0.15, -0.1) is 0 Å². The van der Waals surface area contributed by atoms with E-state index < -0.39 is 18.3 Å². The third-order valence-corrected chi connectivity index (χ3v) is 4.50. The van der Waals surface area contributed by atoms with Gasteiger partial charge in [-0.05, 0) is 46.8 Å². The molecule has 1 saturated heterocycles. The molecule has 1 aromatic rings. The smallest absolute Gasteiger partial charge is 0.468 e. The van der Waals surface area contributed by atoms with Gasteiger partial charge in [0.1, 0.15) is 0 Å². The molecule has 0 spiro atoms. The van der Waals surface area contributed by atoms with E-state index in [1.165, 1.54) is 7.11 Å². The lowest BCUT2D eigenvalue weighted by atomic mass is 9.68. The van der Waals surface area contributed by atoms with Crippen LogP contribution in [0.25, 0.3) is 0 Å². The monoisotopic (exact) mass is 305 g/mol. The van der Waals surface area contributed by atoms with E-state index in [0.717, 1.165) is 11.4 Å². The molecule has 5 nitrogen and oxygen atoms in total. The van der Waals surface area contributed by atoms with Gasteiger partial charge in [0.05, 0.1) is 24.7 Å². The molecule has 2 rings (SSSR count). The maximum atomic E-state index is 11.8. The second-order valence-electron chi connectivity index (χ2n) is 6.72. The van der Waals surface area contributed by atoms with Crippen LogP contribution >= 0.6 is 0 Å². The van der Waals surface area contributed by atoms with Crippen LogP contribution in [0.5, 0.6) is 0 Å². The summed E-state index contributed by atoms with van der Waals surface area (Å²) in [6.45, 7) is 9.89. The molecule has 0 saturated carbocycles. The van der Waals surface area contributed by atoms with Crippen molar-refractivity contribution in [2.24, 2.45) is 0 Å². The zero-order chi connectivity index (χ0) is 16.5. The minimum absolute atomic E-state index is 0.170. The number of carbonyl (C=O) groups is 1. The molecule has 6 heteroatoms. The van der Waals surface area contributed by atoms with Crippen LogP contribution in [-0.4, -0.2) is 36.4 Å². The second kappa shape index (κ2) is 6.01. The highest BCUT2D eigenvalue weighted by Gasteiger charge is 2.54. The topological polar surface area (TPSA) is 57.7 Å². The fourth-order valence-electron chi connectivity index (χ4n) is 2.43. The van der Waals surface area contributed by atoms with Gasteiger partial charge in [0.25, 0.3) is 0 Å². The van der Waals surface area contributed by atoms with Crippen LogP contribution < -0.4 is 0 Å². The zero-order valence-electron chi connectivity index (χ0n) is 14.2. The molecule has 1 fully saturated rings. The van der Waals surface area contributed by atoms with Gasteiger partial charge in [0.2, 0.25) is 0 Å². The lowest BCUT2D eigenvalue weighted by Crippen LogP contribution is -2.41. The SMILES string of the molecule is COC(=O)CC(B1OC(C)(C)C(C)(C)O1)c1cccc(C)n1. The summed E-state index contributed by atoms with van der Waals surface area (Å²) >= 11 is 0. The molecule has 1 unspecified atom stereocenters. The molecular formula is C16H24BNO4. The van der Waals surface area contributed by atoms with E-state index in [9.17, 15) is 4.79 Å². The Balaban J connectivity index is 2.32. The molecule has 22 heavy (non-hydrogen) atoms. The number of ether oxygens (including phenoxy) is 1. The van der Waals surface area contributed by atoms with Crippen LogP contribution in [0.1, 0.15) is 51.3 Å². The Labute approximate surface area is 132 Å². The average molecular weight is 305 g/mol. The van der Waals surface area contributed by atoms with Crippen LogP contribution in [-0.2, 0) is 18.8 Å². The van der Waals surface area contributed by atoms with Crippen molar-refractivity contribution in [3.05, 3.63) is 29.6 Å².